The van der Waals surface area contributed by atoms with Gasteiger partial charge in [0.15, 0.2) is 0 Å². The number of nitrogens with one attached hydrogen (secondary N) is 1. The number of hydrogen-bond acceptors (Lipinski definition) is 3. The normalized spacial score (nSPS) is 30.7. The molecule has 0 unspecified atom stereocenters. The lowest BCUT2D eigenvalue weighted by Crippen LogP contribution is -2.42. The van der Waals surface area contributed by atoms with E-state index in [1.54, 1.807) is 7.11 Å². The Bertz CT molecular complexity index is 239. The predicted molar refractivity (Wildman–Crippen MR) is 62.2 cm³/mol. The van der Waals surface area contributed by atoms with E-state index in [2.05, 4.69) is 5.32 Å². The van der Waals surface area contributed by atoms with Gasteiger partial charge in [0.1, 0.15) is 0 Å². The predicted octanol–water partition coefficient (Wildman–Crippen LogP) is 0.481. The number of methoxy groups -OCH3 is 1. The van der Waals surface area contributed by atoms with E-state index >= 15 is 0 Å². The van der Waals surface area contributed by atoms with Gasteiger partial charge in [-0.15, -0.1) is 0 Å². The van der Waals surface area contributed by atoms with Crippen molar-refractivity contribution in [3.63, 3.8) is 0 Å². The molecule has 0 radical (unpaired) electrons. The second-order valence-corrected chi connectivity index (χ2v) is 4.94. The van der Waals surface area contributed by atoms with Gasteiger partial charge in [0.05, 0.1) is 12.5 Å². The summed E-state index contributed by atoms with van der Waals surface area (Å²) in [6, 6.07) is 0. The molecule has 2 saturated heterocycles. The summed E-state index contributed by atoms with van der Waals surface area (Å²) >= 11 is 0. The van der Waals surface area contributed by atoms with Gasteiger partial charge < -0.3 is 15.0 Å². The number of amides is 1. The van der Waals surface area contributed by atoms with E-state index in [0.29, 0.717) is 11.8 Å². The molecule has 0 aromatic rings. The van der Waals surface area contributed by atoms with Crippen LogP contribution in [0.2, 0.25) is 0 Å². The minimum absolute atomic E-state index is 0.218. The molecular weight excluding hydrogens is 204 g/mol. The van der Waals surface area contributed by atoms with E-state index in [9.17, 15) is 4.79 Å². The van der Waals surface area contributed by atoms with E-state index in [1.807, 2.05) is 4.90 Å². The molecule has 2 atom stereocenters. The van der Waals surface area contributed by atoms with Gasteiger partial charge in [-0.25, -0.2) is 0 Å². The molecule has 0 aliphatic carbocycles. The summed E-state index contributed by atoms with van der Waals surface area (Å²) in [5.41, 5.74) is 0. The molecule has 0 bridgehead atoms. The van der Waals surface area contributed by atoms with Gasteiger partial charge in [0.2, 0.25) is 5.91 Å². The molecule has 2 aliphatic rings. The molecule has 0 spiro atoms. The molecule has 4 heteroatoms. The monoisotopic (exact) mass is 226 g/mol. The maximum atomic E-state index is 12.2. The first-order valence-electron chi connectivity index (χ1n) is 6.29. The maximum absolute atomic E-state index is 12.2. The highest BCUT2D eigenvalue weighted by atomic mass is 16.5. The van der Waals surface area contributed by atoms with Crippen LogP contribution in [0.25, 0.3) is 0 Å². The highest BCUT2D eigenvalue weighted by Gasteiger charge is 2.31. The van der Waals surface area contributed by atoms with E-state index in [4.69, 9.17) is 4.74 Å². The van der Waals surface area contributed by atoms with Crippen LogP contribution >= 0.6 is 0 Å². The van der Waals surface area contributed by atoms with Gasteiger partial charge in [-0.2, -0.15) is 0 Å². The standard InChI is InChI=1S/C12H22N2O2/c1-16-9-10-4-6-14(8-10)12(15)11-3-2-5-13-7-11/h10-11,13H,2-9H2,1H3/t10-,11+/m0/s1. The summed E-state index contributed by atoms with van der Waals surface area (Å²) < 4.78 is 5.15. The highest BCUT2D eigenvalue weighted by Crippen LogP contribution is 2.21. The second kappa shape index (κ2) is 5.64. The van der Waals surface area contributed by atoms with Gasteiger partial charge in [-0.3, -0.25) is 4.79 Å². The number of piperidine rings is 1. The fraction of sp³-hybridized carbons (Fsp3) is 0.917. The van der Waals surface area contributed by atoms with Crippen molar-refractivity contribution in [3.8, 4) is 0 Å². The maximum Gasteiger partial charge on any atom is 0.226 e. The van der Waals surface area contributed by atoms with Crippen molar-refractivity contribution in [1.82, 2.24) is 10.2 Å². The summed E-state index contributed by atoms with van der Waals surface area (Å²) in [5, 5.41) is 3.30. The van der Waals surface area contributed by atoms with Crippen LogP contribution < -0.4 is 5.32 Å². The van der Waals surface area contributed by atoms with Crippen molar-refractivity contribution in [2.75, 3.05) is 39.9 Å². The first-order valence-corrected chi connectivity index (χ1v) is 6.29. The lowest BCUT2D eigenvalue weighted by atomic mass is 9.98. The SMILES string of the molecule is COC[C@H]1CCN(C(=O)[C@@H]2CCCNC2)C1. The molecule has 2 rings (SSSR count). The number of rotatable bonds is 3. The first kappa shape index (κ1) is 11.9. The van der Waals surface area contributed by atoms with Crippen LogP contribution in [0.4, 0.5) is 0 Å². The molecule has 0 saturated carbocycles. The first-order chi connectivity index (χ1) is 7.81. The van der Waals surface area contributed by atoms with Crippen molar-refractivity contribution in [2.45, 2.75) is 19.3 Å². The molecule has 2 fully saturated rings. The minimum atomic E-state index is 0.218. The van der Waals surface area contributed by atoms with E-state index in [1.165, 1.54) is 0 Å². The zero-order chi connectivity index (χ0) is 11.4. The number of hydrogen-bond donors (Lipinski definition) is 1. The molecule has 0 aromatic carbocycles. The molecule has 1 amide bonds. The van der Waals surface area contributed by atoms with Crippen molar-refractivity contribution in [3.05, 3.63) is 0 Å². The van der Waals surface area contributed by atoms with Gasteiger partial charge in [0, 0.05) is 32.7 Å². The minimum Gasteiger partial charge on any atom is -0.384 e. The van der Waals surface area contributed by atoms with Crippen molar-refractivity contribution >= 4 is 5.91 Å². The van der Waals surface area contributed by atoms with E-state index in [-0.39, 0.29) is 5.92 Å². The van der Waals surface area contributed by atoms with Gasteiger partial charge >= 0.3 is 0 Å². The summed E-state index contributed by atoms with van der Waals surface area (Å²) in [4.78, 5) is 14.2. The van der Waals surface area contributed by atoms with Crippen LogP contribution in [0.15, 0.2) is 0 Å². The van der Waals surface area contributed by atoms with Crippen LogP contribution in [0.3, 0.4) is 0 Å². The molecule has 92 valence electrons. The lowest BCUT2D eigenvalue weighted by Gasteiger charge is -2.26. The third kappa shape index (κ3) is 2.74. The third-order valence-corrected chi connectivity index (χ3v) is 3.65. The molecule has 2 heterocycles. The summed E-state index contributed by atoms with van der Waals surface area (Å²) in [7, 11) is 1.73. The Kier molecular flexibility index (Phi) is 4.18. The largest absolute Gasteiger partial charge is 0.384 e. The zero-order valence-electron chi connectivity index (χ0n) is 10.1. The van der Waals surface area contributed by atoms with E-state index < -0.39 is 0 Å². The molecule has 4 nitrogen and oxygen atoms in total. The Balaban J connectivity index is 1.81. The van der Waals surface area contributed by atoms with Crippen molar-refractivity contribution in [1.29, 1.82) is 0 Å². The molecular formula is C12H22N2O2. The number of likely N-dealkylation sites (tertiary alicyclic amines) is 1. The quantitative estimate of drug-likeness (QED) is 0.761. The van der Waals surface area contributed by atoms with Gasteiger partial charge in [0.25, 0.3) is 0 Å². The Labute approximate surface area is 97.3 Å². The Morgan fingerprint density at radius 3 is 3.06 bits per heavy atom. The topological polar surface area (TPSA) is 41.6 Å². The summed E-state index contributed by atoms with van der Waals surface area (Å²) in [5.74, 6) is 1.12. The van der Waals surface area contributed by atoms with Gasteiger partial charge in [-0.05, 0) is 25.8 Å². The van der Waals surface area contributed by atoms with Crippen molar-refractivity contribution < 1.29 is 9.53 Å². The molecule has 2 aliphatic heterocycles. The Morgan fingerprint density at radius 2 is 2.38 bits per heavy atom. The van der Waals surface area contributed by atoms with Crippen LogP contribution in [0.1, 0.15) is 19.3 Å². The smallest absolute Gasteiger partial charge is 0.226 e. The molecule has 16 heavy (non-hydrogen) atoms. The zero-order valence-corrected chi connectivity index (χ0v) is 10.1. The average molecular weight is 226 g/mol. The molecule has 1 N–H and O–H groups in total. The fourth-order valence-electron chi connectivity index (χ4n) is 2.73. The van der Waals surface area contributed by atoms with Crippen molar-refractivity contribution in [2.24, 2.45) is 11.8 Å². The van der Waals surface area contributed by atoms with Crippen LogP contribution in [-0.2, 0) is 9.53 Å². The number of ether oxygens (including phenoxy) is 1. The number of carbonyl (C=O) groups excluding carboxylic acids is 1. The Hall–Kier alpha value is -0.610. The average Bonchev–Trinajstić information content (AvgIpc) is 2.78. The third-order valence-electron chi connectivity index (χ3n) is 3.65. The van der Waals surface area contributed by atoms with Crippen LogP contribution in [0, 0.1) is 11.8 Å². The second-order valence-electron chi connectivity index (χ2n) is 4.94. The molecule has 0 aromatic heterocycles. The number of carbonyl (C=O) groups is 1. The van der Waals surface area contributed by atoms with Gasteiger partial charge in [-0.1, -0.05) is 0 Å². The lowest BCUT2D eigenvalue weighted by molar-refractivity contribution is -0.135. The fourth-order valence-corrected chi connectivity index (χ4v) is 2.73. The van der Waals surface area contributed by atoms with Crippen LogP contribution in [-0.4, -0.2) is 50.7 Å². The summed E-state index contributed by atoms with van der Waals surface area (Å²) in [6.45, 7) is 4.53. The highest BCUT2D eigenvalue weighted by molar-refractivity contribution is 5.79. The van der Waals surface area contributed by atoms with E-state index in [0.717, 1.165) is 52.0 Å². The van der Waals surface area contributed by atoms with Crippen LogP contribution in [0.5, 0.6) is 0 Å². The summed E-state index contributed by atoms with van der Waals surface area (Å²) in [6.07, 6.45) is 3.28. The number of nitrogens with zero attached hydrogens (tertiary/aromatic N) is 1. The Morgan fingerprint density at radius 1 is 1.50 bits per heavy atom.